The molecule has 0 unspecified atom stereocenters. The van der Waals surface area contributed by atoms with Gasteiger partial charge in [0.25, 0.3) is 5.92 Å². The fourth-order valence-electron chi connectivity index (χ4n) is 5.15. The summed E-state index contributed by atoms with van der Waals surface area (Å²) in [4.78, 5) is 2.24. The number of aromatic nitrogens is 3. The number of alkyl halides is 2. The van der Waals surface area contributed by atoms with Gasteiger partial charge in [-0.15, -0.1) is 5.10 Å². The van der Waals surface area contributed by atoms with Crippen LogP contribution in [-0.2, 0) is 18.2 Å². The molecule has 1 saturated heterocycles. The van der Waals surface area contributed by atoms with Crippen molar-refractivity contribution in [1.82, 2.24) is 19.9 Å². The molecule has 1 aromatic rings. The Kier molecular flexibility index (Phi) is 4.15. The Bertz CT molecular complexity index is 618. The van der Waals surface area contributed by atoms with Crippen LogP contribution in [0.2, 0.25) is 0 Å². The molecule has 3 fully saturated rings. The second-order valence-electron chi connectivity index (χ2n) is 8.73. The summed E-state index contributed by atoms with van der Waals surface area (Å²) >= 11 is 0. The SMILES string of the molecule is COC[C@]1(CN2CCC3(CC2)CC(Cc2cn(C)nn2)C3)CC1(F)F. The molecule has 3 aliphatic rings. The van der Waals surface area contributed by atoms with Gasteiger partial charge < -0.3 is 9.64 Å². The Hall–Kier alpha value is -1.08. The van der Waals surface area contributed by atoms with Crippen LogP contribution in [0.15, 0.2) is 6.20 Å². The largest absolute Gasteiger partial charge is 0.384 e. The summed E-state index contributed by atoms with van der Waals surface area (Å²) in [5.74, 6) is -1.84. The fourth-order valence-corrected chi connectivity index (χ4v) is 5.15. The van der Waals surface area contributed by atoms with Crippen molar-refractivity contribution < 1.29 is 13.5 Å². The average Bonchev–Trinajstić information content (AvgIpc) is 2.84. The molecule has 0 amide bonds. The van der Waals surface area contributed by atoms with Crippen molar-refractivity contribution in [3.63, 3.8) is 0 Å². The summed E-state index contributed by atoms with van der Waals surface area (Å²) in [5, 5.41) is 8.18. The summed E-state index contributed by atoms with van der Waals surface area (Å²) in [5.41, 5.74) is 0.599. The van der Waals surface area contributed by atoms with E-state index in [0.29, 0.717) is 17.9 Å². The van der Waals surface area contributed by atoms with Gasteiger partial charge in [0.1, 0.15) is 0 Å². The van der Waals surface area contributed by atoms with E-state index in [1.54, 1.807) is 4.68 Å². The molecule has 7 heteroatoms. The van der Waals surface area contributed by atoms with Gasteiger partial charge in [-0.2, -0.15) is 0 Å². The predicted octanol–water partition coefficient (Wildman–Crippen LogP) is 2.52. The van der Waals surface area contributed by atoms with Gasteiger partial charge in [0.2, 0.25) is 0 Å². The Morgan fingerprint density at radius 2 is 1.96 bits per heavy atom. The molecule has 4 rings (SSSR count). The van der Waals surface area contributed by atoms with E-state index in [1.807, 2.05) is 13.2 Å². The lowest BCUT2D eigenvalue weighted by molar-refractivity contribution is -0.0367. The van der Waals surface area contributed by atoms with E-state index in [0.717, 1.165) is 38.0 Å². The number of nitrogens with zero attached hydrogens (tertiary/aromatic N) is 4. The Morgan fingerprint density at radius 3 is 2.48 bits per heavy atom. The third-order valence-corrected chi connectivity index (χ3v) is 6.67. The Morgan fingerprint density at radius 1 is 1.28 bits per heavy atom. The van der Waals surface area contributed by atoms with Gasteiger partial charge in [-0.1, -0.05) is 5.21 Å². The second-order valence-corrected chi connectivity index (χ2v) is 8.73. The highest BCUT2D eigenvalue weighted by molar-refractivity contribution is 5.12. The monoisotopic (exact) mass is 354 g/mol. The van der Waals surface area contributed by atoms with Crippen molar-refractivity contribution in [1.29, 1.82) is 0 Å². The molecule has 2 saturated carbocycles. The minimum absolute atomic E-state index is 0.0182. The predicted molar refractivity (Wildman–Crippen MR) is 89.4 cm³/mol. The lowest BCUT2D eigenvalue weighted by atomic mass is 9.56. The number of aryl methyl sites for hydroxylation is 1. The van der Waals surface area contributed by atoms with E-state index in [-0.39, 0.29) is 13.0 Å². The van der Waals surface area contributed by atoms with E-state index >= 15 is 0 Å². The Balaban J connectivity index is 1.24. The van der Waals surface area contributed by atoms with E-state index in [9.17, 15) is 8.78 Å². The van der Waals surface area contributed by atoms with Crippen LogP contribution in [0.4, 0.5) is 8.78 Å². The fraction of sp³-hybridized carbons (Fsp3) is 0.889. The molecule has 1 aromatic heterocycles. The maximum Gasteiger partial charge on any atom is 0.258 e. The molecule has 0 aromatic carbocycles. The number of rotatable bonds is 6. The van der Waals surface area contributed by atoms with Crippen molar-refractivity contribution in [3.05, 3.63) is 11.9 Å². The second kappa shape index (κ2) is 5.98. The van der Waals surface area contributed by atoms with E-state index in [4.69, 9.17) is 4.74 Å². The summed E-state index contributed by atoms with van der Waals surface area (Å²) in [6, 6.07) is 0. The lowest BCUT2D eigenvalue weighted by Gasteiger charge is -2.52. The summed E-state index contributed by atoms with van der Waals surface area (Å²) in [6.45, 7) is 2.54. The molecule has 0 bridgehead atoms. The van der Waals surface area contributed by atoms with Crippen LogP contribution in [0.25, 0.3) is 0 Å². The molecule has 1 atom stereocenters. The maximum absolute atomic E-state index is 13.8. The normalized spacial score (nSPS) is 31.2. The van der Waals surface area contributed by atoms with E-state index in [1.165, 1.54) is 20.0 Å². The van der Waals surface area contributed by atoms with Crippen LogP contribution in [-0.4, -0.2) is 59.2 Å². The molecule has 5 nitrogen and oxygen atoms in total. The smallest absolute Gasteiger partial charge is 0.258 e. The minimum Gasteiger partial charge on any atom is -0.384 e. The molecular formula is C18H28F2N4O. The number of halogens is 2. The molecule has 140 valence electrons. The van der Waals surface area contributed by atoms with Crippen molar-refractivity contribution in [3.8, 4) is 0 Å². The zero-order valence-corrected chi connectivity index (χ0v) is 15.2. The van der Waals surface area contributed by atoms with Crippen LogP contribution in [0, 0.1) is 16.7 Å². The quantitative estimate of drug-likeness (QED) is 0.787. The number of ether oxygens (including phenoxy) is 1. The summed E-state index contributed by atoms with van der Waals surface area (Å²) in [6.07, 6.45) is 7.77. The molecule has 0 N–H and O–H groups in total. The molecule has 2 aliphatic carbocycles. The number of hydrogen-bond donors (Lipinski definition) is 0. The zero-order valence-electron chi connectivity index (χ0n) is 15.2. The number of methoxy groups -OCH3 is 1. The molecular weight excluding hydrogens is 326 g/mol. The topological polar surface area (TPSA) is 43.2 Å². The molecule has 1 spiro atoms. The van der Waals surface area contributed by atoms with Crippen molar-refractivity contribution >= 4 is 0 Å². The van der Waals surface area contributed by atoms with Crippen molar-refractivity contribution in [2.75, 3.05) is 33.4 Å². The van der Waals surface area contributed by atoms with Gasteiger partial charge in [-0.25, -0.2) is 8.78 Å². The third-order valence-electron chi connectivity index (χ3n) is 6.67. The van der Waals surface area contributed by atoms with Gasteiger partial charge in [0, 0.05) is 33.3 Å². The van der Waals surface area contributed by atoms with Crippen LogP contribution >= 0.6 is 0 Å². The summed E-state index contributed by atoms with van der Waals surface area (Å²) < 4.78 is 34.4. The van der Waals surface area contributed by atoms with Crippen LogP contribution in [0.1, 0.15) is 37.8 Å². The number of hydrogen-bond acceptors (Lipinski definition) is 4. The summed E-state index contributed by atoms with van der Waals surface area (Å²) in [7, 11) is 3.42. The van der Waals surface area contributed by atoms with Gasteiger partial charge in [-0.3, -0.25) is 4.68 Å². The minimum atomic E-state index is -2.55. The van der Waals surface area contributed by atoms with Gasteiger partial charge >= 0.3 is 0 Å². The lowest BCUT2D eigenvalue weighted by Crippen LogP contribution is -2.49. The highest BCUT2D eigenvalue weighted by Crippen LogP contribution is 2.61. The highest BCUT2D eigenvalue weighted by atomic mass is 19.3. The van der Waals surface area contributed by atoms with Crippen LogP contribution in [0.5, 0.6) is 0 Å². The maximum atomic E-state index is 13.8. The standard InChI is InChI=1S/C18H28F2N4O/c1-23-10-15(21-22-23)7-14-8-16(9-14)3-5-24(6-4-16)12-17(13-25-2)11-18(17,19)20/h10,14H,3-9,11-13H2,1-2H3/t17-/m1/s1. The Labute approximate surface area is 147 Å². The first kappa shape index (κ1) is 17.3. The van der Waals surface area contributed by atoms with Gasteiger partial charge in [0.15, 0.2) is 0 Å². The van der Waals surface area contributed by atoms with Crippen LogP contribution in [0.3, 0.4) is 0 Å². The third kappa shape index (κ3) is 3.21. The van der Waals surface area contributed by atoms with Gasteiger partial charge in [-0.05, 0) is 56.5 Å². The van der Waals surface area contributed by atoms with Crippen LogP contribution < -0.4 is 0 Å². The van der Waals surface area contributed by atoms with Crippen molar-refractivity contribution in [2.24, 2.45) is 23.8 Å². The zero-order chi connectivity index (χ0) is 17.7. The average molecular weight is 354 g/mol. The van der Waals surface area contributed by atoms with Gasteiger partial charge in [0.05, 0.1) is 17.7 Å². The van der Waals surface area contributed by atoms with Crippen molar-refractivity contribution in [2.45, 2.75) is 44.4 Å². The first-order valence-corrected chi connectivity index (χ1v) is 9.30. The van der Waals surface area contributed by atoms with E-state index in [2.05, 4.69) is 15.2 Å². The number of likely N-dealkylation sites (tertiary alicyclic amines) is 1. The van der Waals surface area contributed by atoms with E-state index < -0.39 is 11.3 Å². The number of piperidine rings is 1. The first-order valence-electron chi connectivity index (χ1n) is 9.30. The molecule has 0 radical (unpaired) electrons. The highest BCUT2D eigenvalue weighted by Gasteiger charge is 2.71. The first-order chi connectivity index (χ1) is 11.9. The molecule has 25 heavy (non-hydrogen) atoms. The molecule has 2 heterocycles. The molecule has 1 aliphatic heterocycles.